The molecule has 2 aromatic rings. The minimum absolute atomic E-state index is 0.257. The molecule has 0 aliphatic rings. The number of para-hydroxylation sites is 1. The highest BCUT2D eigenvalue weighted by molar-refractivity contribution is 5.96. The first-order valence-corrected chi connectivity index (χ1v) is 7.58. The molecule has 2 rings (SSSR count). The van der Waals surface area contributed by atoms with Crippen molar-refractivity contribution in [3.63, 3.8) is 0 Å². The molecule has 0 spiro atoms. The molecule has 0 bridgehead atoms. The van der Waals surface area contributed by atoms with E-state index in [1.807, 2.05) is 38.1 Å². The maximum Gasteiger partial charge on any atom is 0.245 e. The Labute approximate surface area is 130 Å². The molecule has 1 aromatic heterocycles. The Morgan fingerprint density at radius 3 is 2.86 bits per heavy atom. The molecule has 1 atom stereocenters. The van der Waals surface area contributed by atoms with Crippen molar-refractivity contribution in [2.45, 2.75) is 39.2 Å². The zero-order chi connectivity index (χ0) is 15.9. The van der Waals surface area contributed by atoms with Crippen molar-refractivity contribution in [3.05, 3.63) is 41.7 Å². The number of hydrogen-bond donors (Lipinski definition) is 1. The second-order valence-electron chi connectivity index (χ2n) is 5.10. The summed E-state index contributed by atoms with van der Waals surface area (Å²) in [7, 11) is 0. The van der Waals surface area contributed by atoms with Crippen LogP contribution in [0.25, 0.3) is 17.0 Å². The molecule has 114 valence electrons. The Bertz CT molecular complexity index is 722. The predicted molar refractivity (Wildman–Crippen MR) is 87.1 cm³/mol. The van der Waals surface area contributed by atoms with Gasteiger partial charge in [-0.2, -0.15) is 5.26 Å². The number of carbonyl (C=O) groups excluding carboxylic acids is 1. The Kier molecular flexibility index (Phi) is 5.37. The van der Waals surface area contributed by atoms with Gasteiger partial charge in [0.05, 0.1) is 6.07 Å². The first kappa shape index (κ1) is 15.8. The number of hydrogen-bond acceptors (Lipinski definition) is 3. The normalized spacial score (nSPS) is 12.4. The lowest BCUT2D eigenvalue weighted by Crippen LogP contribution is -2.32. The molecule has 1 amide bonds. The van der Waals surface area contributed by atoms with Crippen molar-refractivity contribution >= 4 is 23.0 Å². The molecule has 4 nitrogen and oxygen atoms in total. The van der Waals surface area contributed by atoms with Crippen molar-refractivity contribution in [3.8, 4) is 6.07 Å². The summed E-state index contributed by atoms with van der Waals surface area (Å²) in [6.45, 7) is 4.00. The highest BCUT2D eigenvalue weighted by Gasteiger charge is 2.11. The first-order chi connectivity index (χ1) is 10.7. The van der Waals surface area contributed by atoms with Crippen LogP contribution in [-0.4, -0.2) is 11.9 Å². The second-order valence-corrected chi connectivity index (χ2v) is 5.10. The molecular formula is C18H20N2O2. The Balaban J connectivity index is 2.19. The summed E-state index contributed by atoms with van der Waals surface area (Å²) in [6, 6.07) is 9.42. The predicted octanol–water partition coefficient (Wildman–Crippen LogP) is 3.82. The summed E-state index contributed by atoms with van der Waals surface area (Å²) < 4.78 is 5.79. The van der Waals surface area contributed by atoms with Crippen molar-refractivity contribution in [1.82, 2.24) is 5.32 Å². The lowest BCUT2D eigenvalue weighted by Gasteiger charge is -2.07. The number of fused-ring (bicyclic) bond motifs is 1. The molecule has 1 N–H and O–H groups in total. The maximum atomic E-state index is 11.9. The van der Waals surface area contributed by atoms with Gasteiger partial charge in [0.15, 0.2) is 0 Å². The molecule has 0 saturated carbocycles. The van der Waals surface area contributed by atoms with E-state index >= 15 is 0 Å². The average Bonchev–Trinajstić information content (AvgIpc) is 2.90. The SMILES string of the molecule is CCC[C@H](C#N)NC(=O)/C=C/c1c(CC)oc2ccccc12. The van der Waals surface area contributed by atoms with Crippen LogP contribution in [0.2, 0.25) is 0 Å². The molecule has 0 aliphatic carbocycles. The quantitative estimate of drug-likeness (QED) is 0.824. The van der Waals surface area contributed by atoms with Crippen LogP contribution in [0.1, 0.15) is 38.0 Å². The first-order valence-electron chi connectivity index (χ1n) is 7.58. The Hall–Kier alpha value is -2.54. The van der Waals surface area contributed by atoms with Gasteiger partial charge in [-0.3, -0.25) is 4.79 Å². The topological polar surface area (TPSA) is 66.0 Å². The smallest absolute Gasteiger partial charge is 0.245 e. The van der Waals surface area contributed by atoms with Gasteiger partial charge in [0, 0.05) is 23.4 Å². The summed E-state index contributed by atoms with van der Waals surface area (Å²) in [4.78, 5) is 11.9. The Morgan fingerprint density at radius 2 is 2.18 bits per heavy atom. The standard InChI is InChI=1S/C18H20N2O2/c1-3-7-13(12-19)20-18(21)11-10-15-14-8-5-6-9-17(14)22-16(15)4-2/h5-6,8-11,13H,3-4,7H2,1-2H3,(H,20,21)/b11-10+/t13-/m1/s1. The van der Waals surface area contributed by atoms with Gasteiger partial charge in [-0.05, 0) is 18.6 Å². The van der Waals surface area contributed by atoms with Crippen LogP contribution in [0.5, 0.6) is 0 Å². The molecule has 0 radical (unpaired) electrons. The summed E-state index contributed by atoms with van der Waals surface area (Å²) in [6.07, 6.45) is 5.50. The molecule has 1 heterocycles. The van der Waals surface area contributed by atoms with Crippen molar-refractivity contribution in [2.24, 2.45) is 0 Å². The van der Waals surface area contributed by atoms with E-state index in [1.165, 1.54) is 6.08 Å². The number of amides is 1. The van der Waals surface area contributed by atoms with E-state index in [0.717, 1.165) is 35.1 Å². The van der Waals surface area contributed by atoms with E-state index in [-0.39, 0.29) is 5.91 Å². The van der Waals surface area contributed by atoms with Crippen molar-refractivity contribution in [1.29, 1.82) is 5.26 Å². The molecular weight excluding hydrogens is 276 g/mol. The highest BCUT2D eigenvalue weighted by Crippen LogP contribution is 2.27. The number of nitrogens with one attached hydrogen (secondary N) is 1. The molecule has 0 saturated heterocycles. The van der Waals surface area contributed by atoms with Crippen LogP contribution >= 0.6 is 0 Å². The van der Waals surface area contributed by atoms with E-state index in [1.54, 1.807) is 6.08 Å². The van der Waals surface area contributed by atoms with E-state index in [4.69, 9.17) is 9.68 Å². The van der Waals surface area contributed by atoms with E-state index in [0.29, 0.717) is 6.42 Å². The van der Waals surface area contributed by atoms with Gasteiger partial charge in [0.25, 0.3) is 0 Å². The number of aryl methyl sites for hydroxylation is 1. The van der Waals surface area contributed by atoms with Gasteiger partial charge in [0.1, 0.15) is 17.4 Å². The van der Waals surface area contributed by atoms with Crippen LogP contribution < -0.4 is 5.32 Å². The van der Waals surface area contributed by atoms with Gasteiger partial charge in [-0.25, -0.2) is 0 Å². The molecule has 0 aliphatic heterocycles. The number of nitriles is 1. The zero-order valence-electron chi connectivity index (χ0n) is 12.9. The number of benzene rings is 1. The average molecular weight is 296 g/mol. The second kappa shape index (κ2) is 7.46. The minimum atomic E-state index is -0.436. The molecule has 4 heteroatoms. The van der Waals surface area contributed by atoms with Gasteiger partial charge in [0.2, 0.25) is 5.91 Å². The van der Waals surface area contributed by atoms with Gasteiger partial charge >= 0.3 is 0 Å². The highest BCUT2D eigenvalue weighted by atomic mass is 16.3. The maximum absolute atomic E-state index is 11.9. The van der Waals surface area contributed by atoms with Crippen molar-refractivity contribution in [2.75, 3.05) is 0 Å². The lowest BCUT2D eigenvalue weighted by atomic mass is 10.1. The summed E-state index contributed by atoms with van der Waals surface area (Å²) in [5, 5.41) is 12.7. The number of furan rings is 1. The van der Waals surface area contributed by atoms with E-state index < -0.39 is 6.04 Å². The van der Waals surface area contributed by atoms with Crippen LogP contribution in [0.3, 0.4) is 0 Å². The van der Waals surface area contributed by atoms with Gasteiger partial charge in [-0.15, -0.1) is 0 Å². The summed E-state index contributed by atoms with van der Waals surface area (Å²) in [5.74, 6) is 0.600. The number of nitrogens with zero attached hydrogens (tertiary/aromatic N) is 1. The molecule has 0 fully saturated rings. The fourth-order valence-corrected chi connectivity index (χ4v) is 2.40. The van der Waals surface area contributed by atoms with Gasteiger partial charge in [-0.1, -0.05) is 38.5 Å². The Morgan fingerprint density at radius 1 is 1.41 bits per heavy atom. The third kappa shape index (κ3) is 3.56. The van der Waals surface area contributed by atoms with E-state index in [9.17, 15) is 4.79 Å². The lowest BCUT2D eigenvalue weighted by molar-refractivity contribution is -0.116. The van der Waals surface area contributed by atoms with Gasteiger partial charge < -0.3 is 9.73 Å². The molecule has 1 aromatic carbocycles. The minimum Gasteiger partial charge on any atom is -0.460 e. The molecule has 0 unspecified atom stereocenters. The van der Waals surface area contributed by atoms with Crippen LogP contribution in [-0.2, 0) is 11.2 Å². The third-order valence-corrected chi connectivity index (χ3v) is 3.48. The van der Waals surface area contributed by atoms with Crippen molar-refractivity contribution < 1.29 is 9.21 Å². The van der Waals surface area contributed by atoms with Crippen LogP contribution in [0, 0.1) is 11.3 Å². The summed E-state index contributed by atoms with van der Waals surface area (Å²) in [5.41, 5.74) is 1.75. The van der Waals surface area contributed by atoms with Crippen LogP contribution in [0.15, 0.2) is 34.8 Å². The number of rotatable bonds is 6. The number of carbonyl (C=O) groups is 1. The monoisotopic (exact) mass is 296 g/mol. The summed E-state index contributed by atoms with van der Waals surface area (Å²) >= 11 is 0. The largest absolute Gasteiger partial charge is 0.460 e. The molecule has 22 heavy (non-hydrogen) atoms. The van der Waals surface area contributed by atoms with E-state index in [2.05, 4.69) is 11.4 Å². The zero-order valence-corrected chi connectivity index (χ0v) is 12.9. The van der Waals surface area contributed by atoms with Crippen LogP contribution in [0.4, 0.5) is 0 Å². The fraction of sp³-hybridized carbons (Fsp3) is 0.333. The fourth-order valence-electron chi connectivity index (χ4n) is 2.40. The third-order valence-electron chi connectivity index (χ3n) is 3.48.